The predicted molar refractivity (Wildman–Crippen MR) is 104 cm³/mol. The zero-order valence-electron chi connectivity index (χ0n) is 15.4. The molecule has 148 valence electrons. The lowest BCUT2D eigenvalue weighted by atomic mass is 9.85. The summed E-state index contributed by atoms with van der Waals surface area (Å²) in [7, 11) is 0. The van der Waals surface area contributed by atoms with Crippen LogP contribution in [0.5, 0.6) is 0 Å². The summed E-state index contributed by atoms with van der Waals surface area (Å²) in [5.74, 6) is -4.08. The van der Waals surface area contributed by atoms with Crippen molar-refractivity contribution in [2.24, 2.45) is 0 Å². The van der Waals surface area contributed by atoms with Gasteiger partial charge >= 0.3 is 5.97 Å². The van der Waals surface area contributed by atoms with Crippen LogP contribution in [0.4, 0.5) is 8.78 Å². The van der Waals surface area contributed by atoms with Crippen LogP contribution in [-0.2, 0) is 16.0 Å². The lowest BCUT2D eigenvalue weighted by Crippen LogP contribution is -2.46. The van der Waals surface area contributed by atoms with Gasteiger partial charge in [0.1, 0.15) is 17.7 Å². The Morgan fingerprint density at radius 3 is 1.76 bits per heavy atom. The van der Waals surface area contributed by atoms with Crippen LogP contribution >= 0.6 is 0 Å². The molecule has 3 aromatic rings. The molecule has 0 fully saturated rings. The van der Waals surface area contributed by atoms with E-state index in [2.05, 4.69) is 5.32 Å². The Balaban J connectivity index is 1.89. The zero-order valence-corrected chi connectivity index (χ0v) is 15.4. The first-order valence-electron chi connectivity index (χ1n) is 9.01. The maximum absolute atomic E-state index is 13.4. The number of carboxylic acids is 1. The SMILES string of the molecule is O=C(Cc1cc(F)cc(F)c1)N[C@@H](C(=O)O)C(c1ccccc1)c1ccccc1. The quantitative estimate of drug-likeness (QED) is 0.638. The van der Waals surface area contributed by atoms with Crippen molar-refractivity contribution in [3.8, 4) is 0 Å². The number of amides is 1. The van der Waals surface area contributed by atoms with Crippen LogP contribution in [0.3, 0.4) is 0 Å². The van der Waals surface area contributed by atoms with Gasteiger partial charge in [0.25, 0.3) is 0 Å². The molecule has 0 radical (unpaired) electrons. The topological polar surface area (TPSA) is 66.4 Å². The van der Waals surface area contributed by atoms with Crippen LogP contribution in [0.2, 0.25) is 0 Å². The Kier molecular flexibility index (Phi) is 6.34. The van der Waals surface area contributed by atoms with Gasteiger partial charge in [0.2, 0.25) is 5.91 Å². The summed E-state index contributed by atoms with van der Waals surface area (Å²) < 4.78 is 26.7. The molecule has 1 amide bonds. The van der Waals surface area contributed by atoms with Crippen LogP contribution < -0.4 is 5.32 Å². The lowest BCUT2D eigenvalue weighted by Gasteiger charge is -2.26. The van der Waals surface area contributed by atoms with Gasteiger partial charge in [0, 0.05) is 12.0 Å². The highest BCUT2D eigenvalue weighted by atomic mass is 19.1. The zero-order chi connectivity index (χ0) is 20.8. The minimum absolute atomic E-state index is 0.125. The Hall–Kier alpha value is -3.54. The summed E-state index contributed by atoms with van der Waals surface area (Å²) in [4.78, 5) is 24.5. The van der Waals surface area contributed by atoms with Crippen molar-refractivity contribution in [1.82, 2.24) is 5.32 Å². The molecule has 2 N–H and O–H groups in total. The highest BCUT2D eigenvalue weighted by molar-refractivity contribution is 5.86. The highest BCUT2D eigenvalue weighted by Gasteiger charge is 2.32. The fourth-order valence-corrected chi connectivity index (χ4v) is 3.31. The molecule has 0 aromatic heterocycles. The maximum atomic E-state index is 13.4. The normalized spacial score (nSPS) is 11.8. The molecule has 3 rings (SSSR count). The second-order valence-electron chi connectivity index (χ2n) is 6.64. The number of rotatable bonds is 7. The second kappa shape index (κ2) is 9.10. The fourth-order valence-electron chi connectivity index (χ4n) is 3.31. The molecule has 0 saturated carbocycles. The Labute approximate surface area is 166 Å². The molecule has 0 bridgehead atoms. The molecule has 0 aliphatic heterocycles. The van der Waals surface area contributed by atoms with Crippen LogP contribution in [0, 0.1) is 11.6 Å². The van der Waals surface area contributed by atoms with Gasteiger partial charge in [0.15, 0.2) is 0 Å². The van der Waals surface area contributed by atoms with Gasteiger partial charge in [-0.05, 0) is 28.8 Å². The first kappa shape index (κ1) is 20.2. The van der Waals surface area contributed by atoms with Gasteiger partial charge in [0.05, 0.1) is 6.42 Å². The van der Waals surface area contributed by atoms with Crippen molar-refractivity contribution in [2.75, 3.05) is 0 Å². The molecule has 6 heteroatoms. The number of carbonyl (C=O) groups is 2. The molecule has 3 aromatic carbocycles. The third-order valence-corrected chi connectivity index (χ3v) is 4.52. The van der Waals surface area contributed by atoms with Gasteiger partial charge in [-0.2, -0.15) is 0 Å². The van der Waals surface area contributed by atoms with E-state index < -0.39 is 35.5 Å². The number of carboxylic acid groups (broad SMARTS) is 1. The standard InChI is InChI=1S/C23H19F2NO3/c24-18-11-15(12-19(25)14-18)13-20(27)26-22(23(28)29)21(16-7-3-1-4-8-16)17-9-5-2-6-10-17/h1-12,14,21-22H,13H2,(H,26,27)(H,28,29)/t22-/m1/s1. The largest absolute Gasteiger partial charge is 0.480 e. The Morgan fingerprint density at radius 2 is 1.31 bits per heavy atom. The van der Waals surface area contributed by atoms with Gasteiger partial charge < -0.3 is 10.4 Å². The van der Waals surface area contributed by atoms with Crippen molar-refractivity contribution in [3.63, 3.8) is 0 Å². The average molecular weight is 395 g/mol. The average Bonchev–Trinajstić information content (AvgIpc) is 2.68. The van der Waals surface area contributed by atoms with Crippen LogP contribution in [0.15, 0.2) is 78.9 Å². The maximum Gasteiger partial charge on any atom is 0.327 e. The number of aliphatic carboxylic acids is 1. The molecular formula is C23H19F2NO3. The molecule has 0 aliphatic carbocycles. The van der Waals surface area contributed by atoms with Crippen molar-refractivity contribution >= 4 is 11.9 Å². The molecule has 0 aliphatic rings. The summed E-state index contributed by atoms with van der Waals surface area (Å²) >= 11 is 0. The van der Waals surface area contributed by atoms with E-state index >= 15 is 0 Å². The van der Waals surface area contributed by atoms with Crippen LogP contribution in [0.1, 0.15) is 22.6 Å². The van der Waals surface area contributed by atoms with E-state index in [4.69, 9.17) is 0 Å². The third kappa shape index (κ3) is 5.25. The number of halogens is 2. The van der Waals surface area contributed by atoms with E-state index in [-0.39, 0.29) is 12.0 Å². The van der Waals surface area contributed by atoms with E-state index in [1.54, 1.807) is 48.5 Å². The van der Waals surface area contributed by atoms with Gasteiger partial charge in [-0.1, -0.05) is 60.7 Å². The van der Waals surface area contributed by atoms with E-state index in [1.807, 2.05) is 12.1 Å². The van der Waals surface area contributed by atoms with Crippen molar-refractivity contribution < 1.29 is 23.5 Å². The van der Waals surface area contributed by atoms with Crippen LogP contribution in [-0.4, -0.2) is 23.0 Å². The lowest BCUT2D eigenvalue weighted by molar-refractivity contribution is -0.142. The molecule has 0 unspecified atom stereocenters. The van der Waals surface area contributed by atoms with E-state index in [0.717, 1.165) is 23.3 Å². The summed E-state index contributed by atoms with van der Waals surface area (Å²) in [6.45, 7) is 0. The number of nitrogens with one attached hydrogen (secondary N) is 1. The summed E-state index contributed by atoms with van der Waals surface area (Å²) in [6.07, 6.45) is -0.339. The van der Waals surface area contributed by atoms with Gasteiger partial charge in [-0.3, -0.25) is 4.79 Å². The van der Waals surface area contributed by atoms with E-state index in [0.29, 0.717) is 6.07 Å². The van der Waals surface area contributed by atoms with Gasteiger partial charge in [-0.25, -0.2) is 13.6 Å². The molecule has 1 atom stereocenters. The first-order valence-corrected chi connectivity index (χ1v) is 9.01. The molecule has 0 heterocycles. The number of benzene rings is 3. The fraction of sp³-hybridized carbons (Fsp3) is 0.130. The third-order valence-electron chi connectivity index (χ3n) is 4.52. The Morgan fingerprint density at radius 1 is 0.828 bits per heavy atom. The minimum atomic E-state index is -1.26. The first-order chi connectivity index (χ1) is 13.9. The molecule has 0 saturated heterocycles. The Bertz CT molecular complexity index is 934. The summed E-state index contributed by atoms with van der Waals surface area (Å²) in [5, 5.41) is 12.4. The van der Waals surface area contributed by atoms with Crippen molar-refractivity contribution in [3.05, 3.63) is 107 Å². The van der Waals surface area contributed by atoms with E-state index in [9.17, 15) is 23.5 Å². The molecule has 4 nitrogen and oxygen atoms in total. The predicted octanol–water partition coefficient (Wildman–Crippen LogP) is 3.91. The molecule has 29 heavy (non-hydrogen) atoms. The smallest absolute Gasteiger partial charge is 0.327 e. The van der Waals surface area contributed by atoms with Crippen molar-refractivity contribution in [2.45, 2.75) is 18.4 Å². The van der Waals surface area contributed by atoms with E-state index in [1.165, 1.54) is 0 Å². The number of hydrogen-bond donors (Lipinski definition) is 2. The summed E-state index contributed by atoms with van der Waals surface area (Å²) in [6, 6.07) is 19.5. The molecule has 0 spiro atoms. The number of carbonyl (C=O) groups excluding carboxylic acids is 1. The highest BCUT2D eigenvalue weighted by Crippen LogP contribution is 2.28. The van der Waals surface area contributed by atoms with Crippen LogP contribution in [0.25, 0.3) is 0 Å². The second-order valence-corrected chi connectivity index (χ2v) is 6.64. The minimum Gasteiger partial charge on any atom is -0.480 e. The van der Waals surface area contributed by atoms with Gasteiger partial charge in [-0.15, -0.1) is 0 Å². The summed E-state index contributed by atoms with van der Waals surface area (Å²) in [5.41, 5.74) is 1.58. The van der Waals surface area contributed by atoms with Crippen molar-refractivity contribution in [1.29, 1.82) is 0 Å². The molecular weight excluding hydrogens is 376 g/mol. The monoisotopic (exact) mass is 395 g/mol. The number of hydrogen-bond acceptors (Lipinski definition) is 2.